The lowest BCUT2D eigenvalue weighted by Gasteiger charge is -2.20. The summed E-state index contributed by atoms with van der Waals surface area (Å²) >= 11 is 0. The first-order valence-corrected chi connectivity index (χ1v) is 7.65. The summed E-state index contributed by atoms with van der Waals surface area (Å²) in [5.41, 5.74) is 1.58. The summed E-state index contributed by atoms with van der Waals surface area (Å²) in [6.07, 6.45) is 0.993. The highest BCUT2D eigenvalue weighted by Crippen LogP contribution is 2.23. The SMILES string of the molecule is CC(C)C[C@H](CNC(=O)c1cccc(F)c1)c1ccccc1. The molecule has 2 aromatic carbocycles. The number of carbonyl (C=O) groups excluding carboxylic acids is 1. The summed E-state index contributed by atoms with van der Waals surface area (Å²) in [5, 5.41) is 2.92. The third-order valence-electron chi connectivity index (χ3n) is 3.62. The molecule has 0 aliphatic rings. The maximum Gasteiger partial charge on any atom is 0.251 e. The van der Waals surface area contributed by atoms with Gasteiger partial charge < -0.3 is 5.32 Å². The number of nitrogens with one attached hydrogen (secondary N) is 1. The maximum absolute atomic E-state index is 13.2. The van der Waals surface area contributed by atoms with Crippen molar-refractivity contribution < 1.29 is 9.18 Å². The summed E-state index contributed by atoms with van der Waals surface area (Å²) < 4.78 is 13.2. The highest BCUT2D eigenvalue weighted by Gasteiger charge is 2.15. The molecule has 0 saturated heterocycles. The van der Waals surface area contributed by atoms with Gasteiger partial charge in [-0.15, -0.1) is 0 Å². The second kappa shape index (κ2) is 7.74. The van der Waals surface area contributed by atoms with Crippen LogP contribution in [0.15, 0.2) is 54.6 Å². The average Bonchev–Trinajstić information content (AvgIpc) is 2.51. The van der Waals surface area contributed by atoms with Crippen molar-refractivity contribution in [2.24, 2.45) is 5.92 Å². The Labute approximate surface area is 131 Å². The van der Waals surface area contributed by atoms with E-state index in [1.165, 1.54) is 17.7 Å². The molecule has 0 unspecified atom stereocenters. The van der Waals surface area contributed by atoms with Crippen LogP contribution >= 0.6 is 0 Å². The van der Waals surface area contributed by atoms with Crippen molar-refractivity contribution in [1.29, 1.82) is 0 Å². The quantitative estimate of drug-likeness (QED) is 0.842. The molecule has 0 heterocycles. The van der Waals surface area contributed by atoms with Crippen LogP contribution in [0.25, 0.3) is 0 Å². The molecule has 0 spiro atoms. The largest absolute Gasteiger partial charge is 0.351 e. The predicted molar refractivity (Wildman–Crippen MR) is 87.4 cm³/mol. The van der Waals surface area contributed by atoms with E-state index in [9.17, 15) is 9.18 Å². The fourth-order valence-corrected chi connectivity index (χ4v) is 2.58. The zero-order valence-electron chi connectivity index (χ0n) is 13.1. The highest BCUT2D eigenvalue weighted by atomic mass is 19.1. The zero-order chi connectivity index (χ0) is 15.9. The Morgan fingerprint density at radius 3 is 2.45 bits per heavy atom. The Hall–Kier alpha value is -2.16. The molecular weight excluding hydrogens is 277 g/mol. The topological polar surface area (TPSA) is 29.1 Å². The summed E-state index contributed by atoms with van der Waals surface area (Å²) in [4.78, 5) is 12.1. The van der Waals surface area contributed by atoms with Crippen molar-refractivity contribution >= 4 is 5.91 Å². The summed E-state index contributed by atoms with van der Waals surface area (Å²) in [5.74, 6) is 0.175. The number of benzene rings is 2. The molecule has 0 fully saturated rings. The van der Waals surface area contributed by atoms with Crippen LogP contribution in [0.1, 0.15) is 42.1 Å². The predicted octanol–water partition coefficient (Wildman–Crippen LogP) is 4.39. The molecule has 0 saturated carbocycles. The third kappa shape index (κ3) is 4.69. The summed E-state index contributed by atoms with van der Waals surface area (Å²) in [6, 6.07) is 15.9. The minimum Gasteiger partial charge on any atom is -0.351 e. The molecule has 116 valence electrons. The number of hydrogen-bond acceptors (Lipinski definition) is 1. The Morgan fingerprint density at radius 1 is 1.09 bits per heavy atom. The molecule has 1 amide bonds. The van der Waals surface area contributed by atoms with E-state index in [4.69, 9.17) is 0 Å². The monoisotopic (exact) mass is 299 g/mol. The maximum atomic E-state index is 13.2. The van der Waals surface area contributed by atoms with Gasteiger partial charge in [-0.25, -0.2) is 4.39 Å². The normalized spacial score (nSPS) is 12.2. The summed E-state index contributed by atoms with van der Waals surface area (Å²) in [6.45, 7) is 4.90. The first-order chi connectivity index (χ1) is 10.6. The van der Waals surface area contributed by atoms with Crippen molar-refractivity contribution in [1.82, 2.24) is 5.32 Å². The van der Waals surface area contributed by atoms with Gasteiger partial charge in [-0.1, -0.05) is 50.2 Å². The lowest BCUT2D eigenvalue weighted by molar-refractivity contribution is 0.0949. The van der Waals surface area contributed by atoms with Crippen LogP contribution in [0.4, 0.5) is 4.39 Å². The Kier molecular flexibility index (Phi) is 5.70. The van der Waals surface area contributed by atoms with Crippen molar-refractivity contribution in [2.75, 3.05) is 6.54 Å². The van der Waals surface area contributed by atoms with Crippen LogP contribution in [0.2, 0.25) is 0 Å². The molecule has 2 nitrogen and oxygen atoms in total. The van der Waals surface area contributed by atoms with E-state index in [0.717, 1.165) is 6.42 Å². The van der Waals surface area contributed by atoms with Crippen molar-refractivity contribution in [3.63, 3.8) is 0 Å². The van der Waals surface area contributed by atoms with E-state index in [0.29, 0.717) is 18.0 Å². The van der Waals surface area contributed by atoms with Crippen LogP contribution in [-0.2, 0) is 0 Å². The Morgan fingerprint density at radius 2 is 1.82 bits per heavy atom. The van der Waals surface area contributed by atoms with E-state index in [-0.39, 0.29) is 11.8 Å². The Bertz CT molecular complexity index is 610. The highest BCUT2D eigenvalue weighted by molar-refractivity contribution is 5.94. The van der Waals surface area contributed by atoms with Crippen molar-refractivity contribution in [3.8, 4) is 0 Å². The smallest absolute Gasteiger partial charge is 0.251 e. The molecule has 22 heavy (non-hydrogen) atoms. The van der Waals surface area contributed by atoms with Crippen molar-refractivity contribution in [3.05, 3.63) is 71.5 Å². The Balaban J connectivity index is 2.03. The molecular formula is C19H22FNO. The van der Waals surface area contributed by atoms with Gasteiger partial charge in [0, 0.05) is 18.0 Å². The van der Waals surface area contributed by atoms with Gasteiger partial charge in [0.2, 0.25) is 0 Å². The van der Waals surface area contributed by atoms with Gasteiger partial charge in [0.15, 0.2) is 0 Å². The third-order valence-corrected chi connectivity index (χ3v) is 3.62. The van der Waals surface area contributed by atoms with E-state index in [2.05, 4.69) is 31.3 Å². The number of hydrogen-bond donors (Lipinski definition) is 1. The van der Waals surface area contributed by atoms with E-state index < -0.39 is 5.82 Å². The number of amides is 1. The van der Waals surface area contributed by atoms with Crippen LogP contribution < -0.4 is 5.32 Å². The van der Waals surface area contributed by atoms with Gasteiger partial charge >= 0.3 is 0 Å². The van der Waals surface area contributed by atoms with Gasteiger partial charge in [0.1, 0.15) is 5.82 Å². The average molecular weight is 299 g/mol. The van der Waals surface area contributed by atoms with E-state index >= 15 is 0 Å². The fraction of sp³-hybridized carbons (Fsp3) is 0.316. The number of halogens is 1. The molecule has 0 radical (unpaired) electrons. The van der Waals surface area contributed by atoms with Gasteiger partial charge in [-0.2, -0.15) is 0 Å². The molecule has 0 aliphatic carbocycles. The number of rotatable bonds is 6. The zero-order valence-corrected chi connectivity index (χ0v) is 13.1. The fourth-order valence-electron chi connectivity index (χ4n) is 2.58. The molecule has 3 heteroatoms. The second-order valence-corrected chi connectivity index (χ2v) is 5.96. The molecule has 0 aromatic heterocycles. The van der Waals surface area contributed by atoms with Crippen LogP contribution in [0, 0.1) is 11.7 Å². The lowest BCUT2D eigenvalue weighted by atomic mass is 9.90. The first kappa shape index (κ1) is 16.2. The first-order valence-electron chi connectivity index (χ1n) is 7.65. The standard InChI is InChI=1S/C19H22FNO/c1-14(2)11-17(15-7-4-3-5-8-15)13-21-19(22)16-9-6-10-18(20)12-16/h3-10,12,14,17H,11,13H2,1-2H3,(H,21,22)/t17-/m1/s1. The second-order valence-electron chi connectivity index (χ2n) is 5.96. The lowest BCUT2D eigenvalue weighted by Crippen LogP contribution is -2.29. The summed E-state index contributed by atoms with van der Waals surface area (Å²) in [7, 11) is 0. The van der Waals surface area contributed by atoms with Gasteiger partial charge in [0.25, 0.3) is 5.91 Å². The number of carbonyl (C=O) groups is 1. The van der Waals surface area contributed by atoms with E-state index in [1.54, 1.807) is 12.1 Å². The minimum absolute atomic E-state index is 0.232. The van der Waals surface area contributed by atoms with Gasteiger partial charge in [-0.3, -0.25) is 4.79 Å². The molecule has 2 aromatic rings. The molecule has 1 atom stereocenters. The molecule has 1 N–H and O–H groups in total. The van der Waals surface area contributed by atoms with Crippen molar-refractivity contribution in [2.45, 2.75) is 26.2 Å². The molecule has 0 aliphatic heterocycles. The molecule has 0 bridgehead atoms. The molecule has 2 rings (SSSR count). The van der Waals surface area contributed by atoms with Gasteiger partial charge in [0.05, 0.1) is 0 Å². The van der Waals surface area contributed by atoms with Crippen LogP contribution in [0.5, 0.6) is 0 Å². The van der Waals surface area contributed by atoms with Crippen LogP contribution in [-0.4, -0.2) is 12.5 Å². The minimum atomic E-state index is -0.394. The van der Waals surface area contributed by atoms with Gasteiger partial charge in [-0.05, 0) is 36.1 Å². The van der Waals surface area contributed by atoms with E-state index in [1.807, 2.05) is 18.2 Å². The van der Waals surface area contributed by atoms with Crippen LogP contribution in [0.3, 0.4) is 0 Å².